The summed E-state index contributed by atoms with van der Waals surface area (Å²) in [7, 11) is 0. The minimum absolute atomic E-state index is 0.0203. The second-order valence-corrected chi connectivity index (χ2v) is 6.54. The van der Waals surface area contributed by atoms with Crippen LogP contribution in [0.2, 0.25) is 5.02 Å². The standard InChI is InChI=1S/C16H20ClNO/c1-10(15-9-11-2-3-13(15)8-11)18-16(19)12-4-6-14(17)7-5-12/h4-7,10-11,13,15H,2-3,8-9H2,1H3,(H,18,19)/t10-,11+,13+,15+/m0/s1. The summed E-state index contributed by atoms with van der Waals surface area (Å²) in [6, 6.07) is 7.37. The Morgan fingerprint density at radius 3 is 2.58 bits per heavy atom. The average molecular weight is 278 g/mol. The Labute approximate surface area is 119 Å². The van der Waals surface area contributed by atoms with Gasteiger partial charge in [0.1, 0.15) is 0 Å². The zero-order valence-electron chi connectivity index (χ0n) is 11.2. The molecule has 102 valence electrons. The van der Waals surface area contributed by atoms with Crippen LogP contribution < -0.4 is 5.32 Å². The fraction of sp³-hybridized carbons (Fsp3) is 0.562. The molecule has 3 heteroatoms. The van der Waals surface area contributed by atoms with Crippen molar-refractivity contribution in [1.29, 1.82) is 0 Å². The van der Waals surface area contributed by atoms with Gasteiger partial charge in [-0.2, -0.15) is 0 Å². The van der Waals surface area contributed by atoms with Crippen molar-refractivity contribution in [2.75, 3.05) is 0 Å². The molecule has 1 aromatic carbocycles. The maximum absolute atomic E-state index is 12.2. The normalized spacial score (nSPS) is 30.3. The topological polar surface area (TPSA) is 29.1 Å². The minimum Gasteiger partial charge on any atom is -0.349 e. The molecule has 2 aliphatic rings. The van der Waals surface area contributed by atoms with E-state index in [0.717, 1.165) is 11.8 Å². The monoisotopic (exact) mass is 277 g/mol. The lowest BCUT2D eigenvalue weighted by Gasteiger charge is -2.28. The number of nitrogens with one attached hydrogen (secondary N) is 1. The molecule has 1 N–H and O–H groups in total. The molecule has 0 unspecified atom stereocenters. The van der Waals surface area contributed by atoms with Gasteiger partial charge < -0.3 is 5.32 Å². The number of benzene rings is 1. The Bertz CT molecular complexity index is 470. The largest absolute Gasteiger partial charge is 0.349 e. The summed E-state index contributed by atoms with van der Waals surface area (Å²) in [5.74, 6) is 2.46. The van der Waals surface area contributed by atoms with Crippen molar-refractivity contribution in [2.24, 2.45) is 17.8 Å². The zero-order valence-corrected chi connectivity index (χ0v) is 12.0. The second-order valence-electron chi connectivity index (χ2n) is 6.11. The number of amides is 1. The van der Waals surface area contributed by atoms with Crippen LogP contribution in [-0.2, 0) is 0 Å². The van der Waals surface area contributed by atoms with E-state index >= 15 is 0 Å². The van der Waals surface area contributed by atoms with E-state index in [4.69, 9.17) is 11.6 Å². The van der Waals surface area contributed by atoms with Crippen molar-refractivity contribution in [3.63, 3.8) is 0 Å². The number of fused-ring (bicyclic) bond motifs is 2. The molecular weight excluding hydrogens is 258 g/mol. The van der Waals surface area contributed by atoms with Crippen LogP contribution in [-0.4, -0.2) is 11.9 Å². The molecule has 1 amide bonds. The summed E-state index contributed by atoms with van der Waals surface area (Å²) < 4.78 is 0. The molecular formula is C16H20ClNO. The highest BCUT2D eigenvalue weighted by atomic mass is 35.5. The van der Waals surface area contributed by atoms with Crippen molar-refractivity contribution in [2.45, 2.75) is 38.6 Å². The van der Waals surface area contributed by atoms with Crippen LogP contribution in [0.4, 0.5) is 0 Å². The maximum atomic E-state index is 12.2. The summed E-state index contributed by atoms with van der Waals surface area (Å²) in [6.07, 6.45) is 5.44. The fourth-order valence-electron chi connectivity index (χ4n) is 3.90. The third-order valence-electron chi connectivity index (χ3n) is 4.90. The lowest BCUT2D eigenvalue weighted by molar-refractivity contribution is 0.0915. The quantitative estimate of drug-likeness (QED) is 0.892. The van der Waals surface area contributed by atoms with E-state index in [1.807, 2.05) is 0 Å². The molecule has 0 heterocycles. The number of hydrogen-bond donors (Lipinski definition) is 1. The number of halogens is 1. The average Bonchev–Trinajstić information content (AvgIpc) is 3.01. The van der Waals surface area contributed by atoms with Crippen LogP contribution in [0.15, 0.2) is 24.3 Å². The Morgan fingerprint density at radius 1 is 1.26 bits per heavy atom. The van der Waals surface area contributed by atoms with E-state index in [1.165, 1.54) is 25.7 Å². The van der Waals surface area contributed by atoms with E-state index < -0.39 is 0 Å². The van der Waals surface area contributed by atoms with Crippen LogP contribution >= 0.6 is 11.6 Å². The number of carbonyl (C=O) groups excluding carboxylic acids is 1. The van der Waals surface area contributed by atoms with E-state index in [-0.39, 0.29) is 11.9 Å². The predicted octanol–water partition coefficient (Wildman–Crippen LogP) is 3.89. The molecule has 0 aromatic heterocycles. The summed E-state index contributed by atoms with van der Waals surface area (Å²) in [6.45, 7) is 2.15. The Balaban J connectivity index is 1.61. The lowest BCUT2D eigenvalue weighted by Crippen LogP contribution is -2.40. The highest BCUT2D eigenvalue weighted by molar-refractivity contribution is 6.30. The van der Waals surface area contributed by atoms with Gasteiger partial charge in [0.2, 0.25) is 0 Å². The molecule has 2 saturated carbocycles. The fourth-order valence-corrected chi connectivity index (χ4v) is 4.03. The van der Waals surface area contributed by atoms with Crippen LogP contribution in [0.1, 0.15) is 43.0 Å². The van der Waals surface area contributed by atoms with E-state index in [1.54, 1.807) is 24.3 Å². The Hall–Kier alpha value is -1.02. The van der Waals surface area contributed by atoms with Gasteiger partial charge in [-0.25, -0.2) is 0 Å². The molecule has 3 rings (SSSR count). The van der Waals surface area contributed by atoms with Crippen LogP contribution in [0, 0.1) is 17.8 Å². The number of carbonyl (C=O) groups is 1. The van der Waals surface area contributed by atoms with Gasteiger partial charge in [0, 0.05) is 16.6 Å². The molecule has 2 bridgehead atoms. The summed E-state index contributed by atoms with van der Waals surface area (Å²) in [5, 5.41) is 3.82. The van der Waals surface area contributed by atoms with E-state index in [9.17, 15) is 4.79 Å². The van der Waals surface area contributed by atoms with Crippen molar-refractivity contribution >= 4 is 17.5 Å². The lowest BCUT2D eigenvalue weighted by atomic mass is 9.84. The first-order valence-corrected chi connectivity index (χ1v) is 7.57. The molecule has 0 saturated heterocycles. The Morgan fingerprint density at radius 2 is 2.00 bits per heavy atom. The highest BCUT2D eigenvalue weighted by Gasteiger charge is 2.42. The molecule has 2 nitrogen and oxygen atoms in total. The van der Waals surface area contributed by atoms with Crippen molar-refractivity contribution in [3.05, 3.63) is 34.9 Å². The zero-order chi connectivity index (χ0) is 13.4. The maximum Gasteiger partial charge on any atom is 0.251 e. The SMILES string of the molecule is C[C@H](NC(=O)c1ccc(Cl)cc1)[C@H]1C[C@@H]2CC[C@@H]1C2. The van der Waals surface area contributed by atoms with Crippen LogP contribution in [0.3, 0.4) is 0 Å². The smallest absolute Gasteiger partial charge is 0.251 e. The van der Waals surface area contributed by atoms with Crippen molar-refractivity contribution in [3.8, 4) is 0 Å². The van der Waals surface area contributed by atoms with E-state index in [0.29, 0.717) is 16.5 Å². The summed E-state index contributed by atoms with van der Waals surface area (Å²) in [5.41, 5.74) is 0.694. The second kappa shape index (κ2) is 5.16. The molecule has 2 aliphatic carbocycles. The summed E-state index contributed by atoms with van der Waals surface area (Å²) in [4.78, 5) is 12.2. The first-order chi connectivity index (χ1) is 9.13. The molecule has 0 aliphatic heterocycles. The molecule has 1 aromatic rings. The van der Waals surface area contributed by atoms with Crippen molar-refractivity contribution in [1.82, 2.24) is 5.32 Å². The number of rotatable bonds is 3. The van der Waals surface area contributed by atoms with Crippen molar-refractivity contribution < 1.29 is 4.79 Å². The minimum atomic E-state index is 0.0203. The van der Waals surface area contributed by atoms with Gasteiger partial charge in [-0.3, -0.25) is 4.79 Å². The first kappa shape index (κ1) is 13.0. The predicted molar refractivity (Wildman–Crippen MR) is 77.3 cm³/mol. The van der Waals surface area contributed by atoms with Crippen LogP contribution in [0.5, 0.6) is 0 Å². The van der Waals surface area contributed by atoms with Gasteiger partial charge in [-0.1, -0.05) is 18.0 Å². The molecule has 4 atom stereocenters. The third-order valence-corrected chi connectivity index (χ3v) is 5.15. The van der Waals surface area contributed by atoms with Gasteiger partial charge in [0.25, 0.3) is 5.91 Å². The summed E-state index contributed by atoms with van der Waals surface area (Å²) >= 11 is 5.84. The van der Waals surface area contributed by atoms with Gasteiger partial charge in [-0.15, -0.1) is 0 Å². The van der Waals surface area contributed by atoms with E-state index in [2.05, 4.69) is 12.2 Å². The van der Waals surface area contributed by atoms with Crippen LogP contribution in [0.25, 0.3) is 0 Å². The van der Waals surface area contributed by atoms with Gasteiger partial charge in [0.05, 0.1) is 0 Å². The van der Waals surface area contributed by atoms with Gasteiger partial charge in [-0.05, 0) is 68.2 Å². The van der Waals surface area contributed by atoms with Gasteiger partial charge >= 0.3 is 0 Å². The molecule has 19 heavy (non-hydrogen) atoms. The first-order valence-electron chi connectivity index (χ1n) is 7.20. The number of hydrogen-bond acceptors (Lipinski definition) is 1. The molecule has 0 spiro atoms. The van der Waals surface area contributed by atoms with Gasteiger partial charge in [0.15, 0.2) is 0 Å². The third kappa shape index (κ3) is 2.64. The molecule has 0 radical (unpaired) electrons. The molecule has 2 fully saturated rings. The highest BCUT2D eigenvalue weighted by Crippen LogP contribution is 2.49. The Kier molecular flexibility index (Phi) is 3.53.